The van der Waals surface area contributed by atoms with Crippen LogP contribution in [0.1, 0.15) is 38.5 Å². The molecule has 1 saturated heterocycles. The Balaban J connectivity index is 1.67. The average Bonchev–Trinajstić information content (AvgIpc) is 3.08. The molecule has 3 rings (SSSR count). The molecule has 1 saturated carbocycles. The molecule has 1 spiro atoms. The van der Waals surface area contributed by atoms with Crippen molar-refractivity contribution in [2.75, 3.05) is 6.61 Å². The number of rotatable bonds is 5. The molecule has 9 heteroatoms. The molecule has 2 heterocycles. The van der Waals surface area contributed by atoms with E-state index < -0.39 is 23.0 Å². The molecule has 1 unspecified atom stereocenters. The fraction of sp³-hybridized carbons (Fsp3) is 0.786. The van der Waals surface area contributed by atoms with Crippen LogP contribution in [0, 0.1) is 0 Å². The molecule has 130 valence electrons. The lowest BCUT2D eigenvalue weighted by molar-refractivity contribution is -0.0809. The molecular weight excluding hydrogens is 328 g/mol. The number of hydrogen-bond acceptors (Lipinski definition) is 4. The third-order valence-corrected chi connectivity index (χ3v) is 6.05. The second-order valence-electron chi connectivity index (χ2n) is 6.34. The smallest absolute Gasteiger partial charge is 0.257 e. The monoisotopic (exact) mass is 349 g/mol. The number of nitrogens with zero attached hydrogens (tertiary/aromatic N) is 2. The van der Waals surface area contributed by atoms with Crippen molar-refractivity contribution in [2.45, 2.75) is 68.0 Å². The number of alkyl halides is 2. The fourth-order valence-electron chi connectivity index (χ4n) is 3.51. The van der Waals surface area contributed by atoms with Crippen LogP contribution in [-0.2, 0) is 21.3 Å². The number of hydrogen-bond donors (Lipinski definition) is 1. The molecule has 2 aliphatic rings. The van der Waals surface area contributed by atoms with Gasteiger partial charge in [-0.15, -0.1) is 0 Å². The number of ether oxygens (including phenoxy) is 1. The van der Waals surface area contributed by atoms with Crippen LogP contribution in [0.5, 0.6) is 0 Å². The molecule has 0 aromatic carbocycles. The summed E-state index contributed by atoms with van der Waals surface area (Å²) in [5.74, 6) is 0. The summed E-state index contributed by atoms with van der Waals surface area (Å²) in [6.45, 7) is -0.0757. The maximum absolute atomic E-state index is 12.4. The first-order chi connectivity index (χ1) is 10.9. The summed E-state index contributed by atoms with van der Waals surface area (Å²) in [5, 5.41) is 3.68. The minimum atomic E-state index is -3.75. The van der Waals surface area contributed by atoms with E-state index in [1.165, 1.54) is 0 Å². The lowest BCUT2D eigenvalue weighted by atomic mass is 9.89. The van der Waals surface area contributed by atoms with Crippen LogP contribution in [0.25, 0.3) is 0 Å². The van der Waals surface area contributed by atoms with E-state index in [2.05, 4.69) is 9.82 Å². The van der Waals surface area contributed by atoms with Gasteiger partial charge < -0.3 is 4.74 Å². The van der Waals surface area contributed by atoms with Crippen LogP contribution >= 0.6 is 0 Å². The van der Waals surface area contributed by atoms with Crippen molar-refractivity contribution in [1.29, 1.82) is 0 Å². The molecule has 0 amide bonds. The van der Waals surface area contributed by atoms with Gasteiger partial charge in [0.15, 0.2) is 0 Å². The van der Waals surface area contributed by atoms with E-state index in [1.54, 1.807) is 0 Å². The first-order valence-corrected chi connectivity index (χ1v) is 9.34. The molecule has 1 aliphatic carbocycles. The summed E-state index contributed by atoms with van der Waals surface area (Å²) in [4.78, 5) is -0.0786. The van der Waals surface area contributed by atoms with Gasteiger partial charge in [-0.25, -0.2) is 21.9 Å². The van der Waals surface area contributed by atoms with E-state index in [1.807, 2.05) is 0 Å². The van der Waals surface area contributed by atoms with Crippen LogP contribution in [0.3, 0.4) is 0 Å². The highest BCUT2D eigenvalue weighted by Gasteiger charge is 2.41. The van der Waals surface area contributed by atoms with E-state index in [0.29, 0.717) is 19.4 Å². The fourth-order valence-corrected chi connectivity index (χ4v) is 4.73. The zero-order chi connectivity index (χ0) is 16.5. The molecule has 0 radical (unpaired) electrons. The van der Waals surface area contributed by atoms with Crippen molar-refractivity contribution in [2.24, 2.45) is 0 Å². The number of aromatic nitrogens is 2. The third kappa shape index (κ3) is 3.89. The predicted molar refractivity (Wildman–Crippen MR) is 78.7 cm³/mol. The second kappa shape index (κ2) is 6.45. The Hall–Kier alpha value is -1.06. The summed E-state index contributed by atoms with van der Waals surface area (Å²) in [6, 6.07) is -0.190. The topological polar surface area (TPSA) is 73.2 Å². The molecule has 1 aromatic rings. The summed E-state index contributed by atoms with van der Waals surface area (Å²) in [5.41, 5.74) is -0.189. The van der Waals surface area contributed by atoms with E-state index in [9.17, 15) is 17.2 Å². The minimum Gasteiger partial charge on any atom is -0.375 e. The molecule has 0 bridgehead atoms. The Morgan fingerprint density at radius 3 is 2.87 bits per heavy atom. The summed E-state index contributed by atoms with van der Waals surface area (Å²) >= 11 is 0. The first kappa shape index (κ1) is 16.8. The molecule has 1 aromatic heterocycles. The zero-order valence-corrected chi connectivity index (χ0v) is 13.6. The van der Waals surface area contributed by atoms with Gasteiger partial charge in [0.1, 0.15) is 11.4 Å². The Bertz CT molecular complexity index is 641. The van der Waals surface area contributed by atoms with Crippen LogP contribution in [0.4, 0.5) is 8.78 Å². The van der Waals surface area contributed by atoms with Gasteiger partial charge in [-0.1, -0.05) is 12.8 Å². The lowest BCUT2D eigenvalue weighted by Crippen LogP contribution is -2.47. The van der Waals surface area contributed by atoms with E-state index in [0.717, 1.165) is 42.8 Å². The Morgan fingerprint density at radius 1 is 1.43 bits per heavy atom. The summed E-state index contributed by atoms with van der Waals surface area (Å²) in [7, 11) is -3.75. The third-order valence-electron chi connectivity index (χ3n) is 4.57. The normalized spacial score (nSPS) is 24.6. The molecule has 6 nitrogen and oxygen atoms in total. The van der Waals surface area contributed by atoms with Gasteiger partial charge in [0.2, 0.25) is 10.0 Å². The van der Waals surface area contributed by atoms with Crippen LogP contribution in [-0.4, -0.2) is 42.9 Å². The predicted octanol–water partition coefficient (Wildman–Crippen LogP) is 1.92. The van der Waals surface area contributed by atoms with Gasteiger partial charge >= 0.3 is 0 Å². The van der Waals surface area contributed by atoms with Gasteiger partial charge in [0.05, 0.1) is 11.8 Å². The summed E-state index contributed by atoms with van der Waals surface area (Å²) < 4.78 is 59.0. The van der Waals surface area contributed by atoms with Crippen LogP contribution in [0.15, 0.2) is 17.3 Å². The molecule has 2 fully saturated rings. The van der Waals surface area contributed by atoms with E-state index >= 15 is 0 Å². The molecular formula is C14H21F2N3O3S. The maximum Gasteiger partial charge on any atom is 0.257 e. The second-order valence-corrected chi connectivity index (χ2v) is 8.05. The average molecular weight is 349 g/mol. The largest absolute Gasteiger partial charge is 0.375 e. The summed E-state index contributed by atoms with van der Waals surface area (Å²) in [6.07, 6.45) is 5.11. The minimum absolute atomic E-state index is 0.0786. The van der Waals surface area contributed by atoms with Gasteiger partial charge in [-0.3, -0.25) is 4.68 Å². The highest BCUT2D eigenvalue weighted by molar-refractivity contribution is 7.89. The maximum atomic E-state index is 12.4. The van der Waals surface area contributed by atoms with Gasteiger partial charge in [0, 0.05) is 18.8 Å². The Morgan fingerprint density at radius 2 is 2.17 bits per heavy atom. The highest BCUT2D eigenvalue weighted by Crippen LogP contribution is 2.40. The Kier molecular flexibility index (Phi) is 4.70. The van der Waals surface area contributed by atoms with Gasteiger partial charge in [-0.2, -0.15) is 5.10 Å². The van der Waals surface area contributed by atoms with E-state index in [4.69, 9.17) is 4.74 Å². The van der Waals surface area contributed by atoms with Crippen LogP contribution in [0.2, 0.25) is 0 Å². The van der Waals surface area contributed by atoms with Gasteiger partial charge in [0.25, 0.3) is 6.43 Å². The standard InChI is InChI=1S/C14H21F2N3O3S/c15-13(16)10-19-9-12(8-17-19)23(20,21)18-11-3-6-22-14(7-11)4-1-2-5-14/h8-9,11,13,18H,1-7,10H2. The quantitative estimate of drug-likeness (QED) is 0.881. The van der Waals surface area contributed by atoms with Crippen molar-refractivity contribution in [3.63, 3.8) is 0 Å². The van der Waals surface area contributed by atoms with Gasteiger partial charge in [-0.05, 0) is 25.7 Å². The van der Waals surface area contributed by atoms with Crippen LogP contribution < -0.4 is 4.72 Å². The van der Waals surface area contributed by atoms with Crippen molar-refractivity contribution in [3.05, 3.63) is 12.4 Å². The molecule has 23 heavy (non-hydrogen) atoms. The van der Waals surface area contributed by atoms with E-state index in [-0.39, 0.29) is 16.5 Å². The number of halogens is 2. The molecule has 1 atom stereocenters. The SMILES string of the molecule is O=S(=O)(NC1CCOC2(CCCC2)C1)c1cnn(CC(F)F)c1. The zero-order valence-electron chi connectivity index (χ0n) is 12.7. The Labute approximate surface area is 134 Å². The van der Waals surface area contributed by atoms with Crippen molar-refractivity contribution >= 4 is 10.0 Å². The van der Waals surface area contributed by atoms with Crippen molar-refractivity contribution in [3.8, 4) is 0 Å². The number of nitrogens with one attached hydrogen (secondary N) is 1. The highest BCUT2D eigenvalue weighted by atomic mass is 32.2. The lowest BCUT2D eigenvalue weighted by Gasteiger charge is -2.38. The van der Waals surface area contributed by atoms with Crippen molar-refractivity contribution in [1.82, 2.24) is 14.5 Å². The van der Waals surface area contributed by atoms with Crippen molar-refractivity contribution < 1.29 is 21.9 Å². The number of sulfonamides is 1. The molecule has 1 N–H and O–H groups in total. The molecule has 1 aliphatic heterocycles. The first-order valence-electron chi connectivity index (χ1n) is 7.85.